The lowest BCUT2D eigenvalue weighted by Crippen LogP contribution is -2.26. The van der Waals surface area contributed by atoms with Crippen molar-refractivity contribution in [3.8, 4) is 0 Å². The number of carbonyl (C=O) groups is 1. The van der Waals surface area contributed by atoms with Crippen LogP contribution in [0.4, 0.5) is 17.1 Å². The van der Waals surface area contributed by atoms with E-state index in [4.69, 9.17) is 0 Å². The van der Waals surface area contributed by atoms with Crippen LogP contribution in [0.15, 0.2) is 83.8 Å². The fourth-order valence-corrected chi connectivity index (χ4v) is 3.78. The zero-order valence-corrected chi connectivity index (χ0v) is 16.2. The summed E-state index contributed by atoms with van der Waals surface area (Å²) in [6.07, 6.45) is 0. The lowest BCUT2D eigenvalue weighted by molar-refractivity contribution is -0.384. The third-order valence-corrected chi connectivity index (χ3v) is 6.03. The molecule has 1 amide bonds. The zero-order valence-electron chi connectivity index (χ0n) is 15.3. The van der Waals surface area contributed by atoms with Crippen molar-refractivity contribution in [1.82, 2.24) is 0 Å². The minimum absolute atomic E-state index is 0.0516. The van der Waals surface area contributed by atoms with Crippen molar-refractivity contribution in [2.75, 3.05) is 16.7 Å². The van der Waals surface area contributed by atoms with E-state index in [1.807, 2.05) is 0 Å². The first-order valence-electron chi connectivity index (χ1n) is 8.49. The largest absolute Gasteiger partial charge is 0.322 e. The van der Waals surface area contributed by atoms with Crippen molar-refractivity contribution >= 4 is 33.0 Å². The molecule has 3 aromatic carbocycles. The summed E-state index contributed by atoms with van der Waals surface area (Å²) in [7, 11) is -2.31. The Kier molecular flexibility index (Phi) is 5.60. The van der Waals surface area contributed by atoms with Gasteiger partial charge in [0, 0.05) is 30.4 Å². The average molecular weight is 411 g/mol. The van der Waals surface area contributed by atoms with Gasteiger partial charge in [-0.05, 0) is 48.5 Å². The highest BCUT2D eigenvalue weighted by molar-refractivity contribution is 7.92. The van der Waals surface area contributed by atoms with Gasteiger partial charge in [0.15, 0.2) is 0 Å². The number of benzene rings is 3. The molecular formula is C20H17N3O5S. The Balaban J connectivity index is 1.75. The van der Waals surface area contributed by atoms with Crippen LogP contribution in [-0.2, 0) is 10.0 Å². The molecule has 1 N–H and O–H groups in total. The van der Waals surface area contributed by atoms with E-state index in [1.165, 1.54) is 59.9 Å². The summed E-state index contributed by atoms with van der Waals surface area (Å²) in [5, 5.41) is 13.3. The molecule has 0 saturated heterocycles. The second kappa shape index (κ2) is 8.11. The topological polar surface area (TPSA) is 110 Å². The Morgan fingerprint density at radius 1 is 0.931 bits per heavy atom. The second-order valence-corrected chi connectivity index (χ2v) is 8.06. The predicted octanol–water partition coefficient (Wildman–Crippen LogP) is 3.67. The average Bonchev–Trinajstić information content (AvgIpc) is 2.74. The minimum atomic E-state index is -3.77. The molecule has 0 bridgehead atoms. The second-order valence-electron chi connectivity index (χ2n) is 6.09. The fraction of sp³-hybridized carbons (Fsp3) is 0.0500. The van der Waals surface area contributed by atoms with E-state index in [1.54, 1.807) is 30.3 Å². The molecule has 0 radical (unpaired) electrons. The quantitative estimate of drug-likeness (QED) is 0.492. The van der Waals surface area contributed by atoms with Crippen molar-refractivity contribution in [3.63, 3.8) is 0 Å². The zero-order chi connectivity index (χ0) is 21.0. The summed E-state index contributed by atoms with van der Waals surface area (Å²) in [6.45, 7) is 0. The summed E-state index contributed by atoms with van der Waals surface area (Å²) < 4.78 is 26.7. The van der Waals surface area contributed by atoms with Gasteiger partial charge in [-0.15, -0.1) is 0 Å². The number of hydrogen-bond donors (Lipinski definition) is 1. The standard InChI is InChI=1S/C20H17N3O5S/c1-22(17-5-3-2-4-6-17)29(27,28)19-13-7-15(8-14-19)20(24)21-16-9-11-18(12-10-16)23(25)26/h2-14H,1H3,(H,21,24). The van der Waals surface area contributed by atoms with E-state index in [-0.39, 0.29) is 16.1 Å². The molecule has 29 heavy (non-hydrogen) atoms. The lowest BCUT2D eigenvalue weighted by atomic mass is 10.2. The number of para-hydroxylation sites is 1. The number of amides is 1. The van der Waals surface area contributed by atoms with Crippen molar-refractivity contribution in [1.29, 1.82) is 0 Å². The summed E-state index contributed by atoms with van der Waals surface area (Å²) in [6, 6.07) is 19.6. The van der Waals surface area contributed by atoms with E-state index >= 15 is 0 Å². The Hall–Kier alpha value is -3.72. The van der Waals surface area contributed by atoms with Crippen LogP contribution < -0.4 is 9.62 Å². The maximum Gasteiger partial charge on any atom is 0.269 e. The molecule has 0 spiro atoms. The van der Waals surface area contributed by atoms with Crippen LogP contribution in [0.2, 0.25) is 0 Å². The Morgan fingerprint density at radius 3 is 2.07 bits per heavy atom. The monoisotopic (exact) mass is 411 g/mol. The van der Waals surface area contributed by atoms with E-state index < -0.39 is 20.9 Å². The Morgan fingerprint density at radius 2 is 1.52 bits per heavy atom. The molecule has 9 heteroatoms. The highest BCUT2D eigenvalue weighted by Crippen LogP contribution is 2.22. The molecule has 148 valence electrons. The van der Waals surface area contributed by atoms with Gasteiger partial charge in [-0.25, -0.2) is 8.42 Å². The van der Waals surface area contributed by atoms with Crippen LogP contribution in [0.25, 0.3) is 0 Å². The maximum absolute atomic E-state index is 12.8. The number of rotatable bonds is 6. The third kappa shape index (κ3) is 4.41. The highest BCUT2D eigenvalue weighted by Gasteiger charge is 2.21. The van der Waals surface area contributed by atoms with Gasteiger partial charge in [-0.3, -0.25) is 19.2 Å². The minimum Gasteiger partial charge on any atom is -0.322 e. The molecular weight excluding hydrogens is 394 g/mol. The molecule has 0 aliphatic carbocycles. The van der Waals surface area contributed by atoms with Gasteiger partial charge in [0.25, 0.3) is 21.6 Å². The van der Waals surface area contributed by atoms with Gasteiger partial charge in [-0.2, -0.15) is 0 Å². The number of hydrogen-bond acceptors (Lipinski definition) is 5. The summed E-state index contributed by atoms with van der Waals surface area (Å²) in [5.41, 5.74) is 1.08. The van der Waals surface area contributed by atoms with Crippen molar-refractivity contribution in [3.05, 3.63) is 94.5 Å². The number of nitrogens with zero attached hydrogens (tertiary/aromatic N) is 2. The summed E-state index contributed by atoms with van der Waals surface area (Å²) in [4.78, 5) is 22.5. The van der Waals surface area contributed by atoms with Crippen molar-refractivity contribution in [2.45, 2.75) is 4.90 Å². The first kappa shape index (κ1) is 20.0. The molecule has 8 nitrogen and oxygen atoms in total. The molecule has 0 aliphatic rings. The van der Waals surface area contributed by atoms with E-state index in [2.05, 4.69) is 5.32 Å². The Bertz CT molecular complexity index is 1130. The number of nitro groups is 1. The van der Waals surface area contributed by atoms with Crippen LogP contribution in [0.1, 0.15) is 10.4 Å². The Labute approximate surface area is 167 Å². The highest BCUT2D eigenvalue weighted by atomic mass is 32.2. The number of non-ortho nitro benzene ring substituents is 1. The number of anilines is 2. The molecule has 3 rings (SSSR count). The number of nitrogens with one attached hydrogen (secondary N) is 1. The smallest absolute Gasteiger partial charge is 0.269 e. The van der Waals surface area contributed by atoms with Crippen LogP contribution >= 0.6 is 0 Å². The van der Waals surface area contributed by atoms with Crippen LogP contribution in [0.3, 0.4) is 0 Å². The number of carbonyl (C=O) groups excluding carboxylic acids is 1. The van der Waals surface area contributed by atoms with E-state index in [0.717, 1.165) is 0 Å². The maximum atomic E-state index is 12.8. The van der Waals surface area contributed by atoms with Gasteiger partial charge < -0.3 is 5.32 Å². The van der Waals surface area contributed by atoms with E-state index in [9.17, 15) is 23.3 Å². The molecule has 0 aliphatic heterocycles. The SMILES string of the molecule is CN(c1ccccc1)S(=O)(=O)c1ccc(C(=O)Nc2ccc([N+](=O)[O-])cc2)cc1. The third-order valence-electron chi connectivity index (χ3n) is 4.23. The first-order valence-corrected chi connectivity index (χ1v) is 9.93. The molecule has 0 heterocycles. The molecule has 0 unspecified atom stereocenters. The van der Waals surface area contributed by atoms with Crippen LogP contribution in [0.5, 0.6) is 0 Å². The summed E-state index contributed by atoms with van der Waals surface area (Å²) in [5.74, 6) is -0.459. The number of nitro benzene ring substituents is 1. The first-order chi connectivity index (χ1) is 13.8. The van der Waals surface area contributed by atoms with E-state index in [0.29, 0.717) is 11.4 Å². The molecule has 0 saturated carbocycles. The van der Waals surface area contributed by atoms with Gasteiger partial charge in [-0.1, -0.05) is 18.2 Å². The normalized spacial score (nSPS) is 10.9. The van der Waals surface area contributed by atoms with Crippen molar-refractivity contribution in [2.24, 2.45) is 0 Å². The van der Waals surface area contributed by atoms with Gasteiger partial charge in [0.05, 0.1) is 15.5 Å². The van der Waals surface area contributed by atoms with Gasteiger partial charge in [0.2, 0.25) is 0 Å². The van der Waals surface area contributed by atoms with Crippen molar-refractivity contribution < 1.29 is 18.1 Å². The van der Waals surface area contributed by atoms with Gasteiger partial charge in [0.1, 0.15) is 0 Å². The fourth-order valence-electron chi connectivity index (χ4n) is 2.58. The lowest BCUT2D eigenvalue weighted by Gasteiger charge is -2.19. The number of sulfonamides is 1. The molecule has 0 aromatic heterocycles. The summed E-state index contributed by atoms with van der Waals surface area (Å²) >= 11 is 0. The van der Waals surface area contributed by atoms with Crippen LogP contribution in [0, 0.1) is 10.1 Å². The molecule has 0 fully saturated rings. The van der Waals surface area contributed by atoms with Gasteiger partial charge >= 0.3 is 0 Å². The predicted molar refractivity (Wildman–Crippen MR) is 110 cm³/mol. The molecule has 3 aromatic rings. The molecule has 0 atom stereocenters. The van der Waals surface area contributed by atoms with Crippen LogP contribution in [-0.4, -0.2) is 26.3 Å².